The van der Waals surface area contributed by atoms with Crippen LogP contribution in [0.3, 0.4) is 0 Å². The van der Waals surface area contributed by atoms with Crippen LogP contribution in [0.25, 0.3) is 0 Å². The number of ether oxygens (including phenoxy) is 1. The van der Waals surface area contributed by atoms with Gasteiger partial charge in [-0.2, -0.15) is 0 Å². The normalized spacial score (nSPS) is 11.6. The maximum atomic E-state index is 11.9. The van der Waals surface area contributed by atoms with E-state index in [-0.39, 0.29) is 18.0 Å². The Balaban J connectivity index is 1.81. The Morgan fingerprint density at radius 3 is 2.64 bits per heavy atom. The van der Waals surface area contributed by atoms with E-state index in [1.54, 1.807) is 13.2 Å². The van der Waals surface area contributed by atoms with Crippen LogP contribution in [0.2, 0.25) is 0 Å². The van der Waals surface area contributed by atoms with Crippen molar-refractivity contribution in [2.45, 2.75) is 39.5 Å². The van der Waals surface area contributed by atoms with Crippen molar-refractivity contribution in [2.24, 2.45) is 4.99 Å². The lowest BCUT2D eigenvalue weighted by Gasteiger charge is -2.21. The minimum atomic E-state index is -0.259. The zero-order valence-corrected chi connectivity index (χ0v) is 17.0. The van der Waals surface area contributed by atoms with Crippen LogP contribution in [-0.4, -0.2) is 36.0 Å². The number of carbonyl (C=O) groups excluding carboxylic acids is 1. The van der Waals surface area contributed by atoms with Gasteiger partial charge in [0.15, 0.2) is 5.96 Å². The first-order valence-electron chi connectivity index (χ1n) is 9.23. The summed E-state index contributed by atoms with van der Waals surface area (Å²) in [6, 6.07) is 13.6. The molecule has 150 valence electrons. The van der Waals surface area contributed by atoms with Gasteiger partial charge in [-0.25, -0.2) is 0 Å². The summed E-state index contributed by atoms with van der Waals surface area (Å²) in [4.78, 5) is 20.3. The average molecular weight is 383 g/mol. The minimum Gasteiger partial charge on any atom is -0.487 e. The molecule has 0 atom stereocenters. The maximum Gasteiger partial charge on any atom is 0.239 e. The predicted molar refractivity (Wildman–Crippen MR) is 111 cm³/mol. The highest BCUT2D eigenvalue weighted by atomic mass is 16.5. The molecule has 1 heterocycles. The molecule has 1 aromatic carbocycles. The first kappa shape index (κ1) is 21.2. The highest BCUT2D eigenvalue weighted by Crippen LogP contribution is 2.14. The van der Waals surface area contributed by atoms with Gasteiger partial charge in [-0.15, -0.1) is 0 Å². The first-order chi connectivity index (χ1) is 13.4. The SMILES string of the molecule is CN=C(NCC(=O)NC(C)(C)C)NCc1cccc(OCc2ccccn2)c1. The van der Waals surface area contributed by atoms with Gasteiger partial charge < -0.3 is 20.7 Å². The Labute approximate surface area is 166 Å². The molecule has 0 saturated heterocycles. The molecule has 0 aliphatic heterocycles. The summed E-state index contributed by atoms with van der Waals surface area (Å²) in [5.41, 5.74) is 1.66. The number of carbonyl (C=O) groups is 1. The molecular weight excluding hydrogens is 354 g/mol. The predicted octanol–water partition coefficient (Wildman–Crippen LogP) is 2.24. The maximum absolute atomic E-state index is 11.9. The van der Waals surface area contributed by atoms with Gasteiger partial charge >= 0.3 is 0 Å². The van der Waals surface area contributed by atoms with Gasteiger partial charge in [-0.05, 0) is 50.6 Å². The van der Waals surface area contributed by atoms with Crippen molar-refractivity contribution in [1.82, 2.24) is 20.9 Å². The number of aliphatic imine (C=N–C) groups is 1. The van der Waals surface area contributed by atoms with Crippen molar-refractivity contribution >= 4 is 11.9 Å². The van der Waals surface area contributed by atoms with E-state index in [0.29, 0.717) is 19.1 Å². The van der Waals surface area contributed by atoms with Gasteiger partial charge in [-0.1, -0.05) is 18.2 Å². The molecule has 7 heteroatoms. The van der Waals surface area contributed by atoms with E-state index in [4.69, 9.17) is 4.74 Å². The third kappa shape index (κ3) is 8.07. The van der Waals surface area contributed by atoms with Crippen molar-refractivity contribution in [3.63, 3.8) is 0 Å². The smallest absolute Gasteiger partial charge is 0.239 e. The molecule has 0 saturated carbocycles. The van der Waals surface area contributed by atoms with Crippen LogP contribution in [-0.2, 0) is 17.9 Å². The number of guanidine groups is 1. The molecule has 1 aromatic heterocycles. The van der Waals surface area contributed by atoms with E-state index in [9.17, 15) is 4.79 Å². The number of rotatable bonds is 7. The van der Waals surface area contributed by atoms with Gasteiger partial charge in [0, 0.05) is 25.3 Å². The van der Waals surface area contributed by atoms with Crippen molar-refractivity contribution in [3.8, 4) is 5.75 Å². The highest BCUT2D eigenvalue weighted by molar-refractivity contribution is 5.86. The highest BCUT2D eigenvalue weighted by Gasteiger charge is 2.13. The monoisotopic (exact) mass is 383 g/mol. The number of aromatic nitrogens is 1. The van der Waals surface area contributed by atoms with E-state index in [0.717, 1.165) is 17.0 Å². The van der Waals surface area contributed by atoms with Gasteiger partial charge in [-0.3, -0.25) is 14.8 Å². The van der Waals surface area contributed by atoms with Gasteiger partial charge in [0.2, 0.25) is 5.91 Å². The Hall–Kier alpha value is -3.09. The second kappa shape index (κ2) is 10.3. The van der Waals surface area contributed by atoms with E-state index in [1.807, 2.05) is 63.2 Å². The summed E-state index contributed by atoms with van der Waals surface area (Å²) in [5, 5.41) is 9.11. The zero-order valence-electron chi connectivity index (χ0n) is 17.0. The van der Waals surface area contributed by atoms with Crippen LogP contribution in [0.15, 0.2) is 53.7 Å². The molecular formula is C21H29N5O2. The summed E-state index contributed by atoms with van der Waals surface area (Å²) < 4.78 is 5.80. The van der Waals surface area contributed by atoms with Crippen LogP contribution in [0.4, 0.5) is 0 Å². The fraction of sp³-hybridized carbons (Fsp3) is 0.381. The molecule has 7 nitrogen and oxygen atoms in total. The largest absolute Gasteiger partial charge is 0.487 e. The van der Waals surface area contributed by atoms with Crippen LogP contribution < -0.4 is 20.7 Å². The zero-order chi connectivity index (χ0) is 20.4. The fourth-order valence-electron chi connectivity index (χ4n) is 2.42. The van der Waals surface area contributed by atoms with Crippen molar-refractivity contribution in [2.75, 3.05) is 13.6 Å². The molecule has 0 radical (unpaired) electrons. The second-order valence-electron chi connectivity index (χ2n) is 7.33. The Morgan fingerprint density at radius 1 is 1.14 bits per heavy atom. The number of amides is 1. The van der Waals surface area contributed by atoms with Crippen LogP contribution in [0.5, 0.6) is 5.75 Å². The molecule has 0 aliphatic carbocycles. The van der Waals surface area contributed by atoms with E-state index >= 15 is 0 Å². The number of benzene rings is 1. The number of hydrogen-bond donors (Lipinski definition) is 3. The molecule has 0 unspecified atom stereocenters. The van der Waals surface area contributed by atoms with Crippen molar-refractivity contribution in [1.29, 1.82) is 0 Å². The molecule has 2 aromatic rings. The molecule has 0 aliphatic rings. The van der Waals surface area contributed by atoms with E-state index in [1.165, 1.54) is 0 Å². The molecule has 0 spiro atoms. The van der Waals surface area contributed by atoms with Crippen LogP contribution in [0, 0.1) is 0 Å². The quantitative estimate of drug-likeness (QED) is 0.504. The van der Waals surface area contributed by atoms with Crippen LogP contribution in [0.1, 0.15) is 32.0 Å². The Kier molecular flexibility index (Phi) is 7.80. The third-order valence-corrected chi connectivity index (χ3v) is 3.63. The van der Waals surface area contributed by atoms with Gasteiger partial charge in [0.1, 0.15) is 12.4 Å². The molecule has 1 amide bonds. The summed E-state index contributed by atoms with van der Waals surface area (Å²) in [7, 11) is 1.67. The number of pyridine rings is 1. The van der Waals surface area contributed by atoms with Gasteiger partial charge in [0.05, 0.1) is 12.2 Å². The lowest BCUT2D eigenvalue weighted by molar-refractivity contribution is -0.121. The Bertz CT molecular complexity index is 785. The lowest BCUT2D eigenvalue weighted by atomic mass is 10.1. The minimum absolute atomic E-state index is 0.0830. The summed E-state index contributed by atoms with van der Waals surface area (Å²) >= 11 is 0. The van der Waals surface area contributed by atoms with Crippen LogP contribution >= 0.6 is 0 Å². The summed E-state index contributed by atoms with van der Waals surface area (Å²) in [5.74, 6) is 1.25. The van der Waals surface area contributed by atoms with Crippen molar-refractivity contribution < 1.29 is 9.53 Å². The second-order valence-corrected chi connectivity index (χ2v) is 7.33. The third-order valence-electron chi connectivity index (χ3n) is 3.63. The van der Waals surface area contributed by atoms with Crippen molar-refractivity contribution in [3.05, 3.63) is 59.9 Å². The molecule has 0 fully saturated rings. The summed E-state index contributed by atoms with van der Waals surface area (Å²) in [6.07, 6.45) is 1.75. The van der Waals surface area contributed by atoms with Gasteiger partial charge in [0.25, 0.3) is 0 Å². The average Bonchev–Trinajstić information content (AvgIpc) is 2.66. The molecule has 28 heavy (non-hydrogen) atoms. The summed E-state index contributed by atoms with van der Waals surface area (Å²) in [6.45, 7) is 6.97. The Morgan fingerprint density at radius 2 is 1.96 bits per heavy atom. The number of nitrogens with zero attached hydrogens (tertiary/aromatic N) is 2. The number of nitrogens with one attached hydrogen (secondary N) is 3. The molecule has 3 N–H and O–H groups in total. The molecule has 2 rings (SSSR count). The topological polar surface area (TPSA) is 87.6 Å². The lowest BCUT2D eigenvalue weighted by Crippen LogP contribution is -2.48. The van der Waals surface area contributed by atoms with E-state index < -0.39 is 0 Å². The van der Waals surface area contributed by atoms with E-state index in [2.05, 4.69) is 25.9 Å². The number of hydrogen-bond acceptors (Lipinski definition) is 4. The molecule has 0 bridgehead atoms. The first-order valence-corrected chi connectivity index (χ1v) is 9.23. The standard InChI is InChI=1S/C21H29N5O2/c1-21(2,3)26-19(27)14-25-20(22-4)24-13-16-8-7-10-18(12-16)28-15-17-9-5-6-11-23-17/h5-12H,13-15H2,1-4H3,(H,26,27)(H2,22,24,25). The fourth-order valence-corrected chi connectivity index (χ4v) is 2.42.